The average molecular weight is 236 g/mol. The third-order valence-corrected chi connectivity index (χ3v) is 2.29. The van der Waals surface area contributed by atoms with Crippen LogP contribution in [-0.4, -0.2) is 0 Å². The lowest BCUT2D eigenvalue weighted by molar-refractivity contribution is 0.151. The molecule has 0 aromatic heterocycles. The van der Waals surface area contributed by atoms with Gasteiger partial charge >= 0.3 is 0 Å². The normalized spacial score (nSPS) is 12.7. The van der Waals surface area contributed by atoms with Gasteiger partial charge in [0.25, 0.3) is 6.43 Å². The van der Waals surface area contributed by atoms with Gasteiger partial charge in [0.2, 0.25) is 0 Å². The zero-order valence-corrected chi connectivity index (χ0v) is 9.60. The summed E-state index contributed by atoms with van der Waals surface area (Å²) in [6.45, 7) is 4.01. The molecule has 0 aliphatic rings. The largest absolute Gasteiger partial charge is 0.324 e. The maximum atomic E-state index is 12.2. The first-order valence-electron chi connectivity index (χ1n) is 4.66. The van der Waals surface area contributed by atoms with Crippen LogP contribution in [-0.2, 0) is 0 Å². The van der Waals surface area contributed by atoms with Crippen molar-refractivity contribution in [2.24, 2.45) is 11.7 Å². The van der Waals surface area contributed by atoms with Crippen LogP contribution < -0.4 is 5.73 Å². The smallest absolute Gasteiger partial charge is 0.263 e. The first-order valence-corrected chi connectivity index (χ1v) is 4.66. The topological polar surface area (TPSA) is 26.0 Å². The van der Waals surface area contributed by atoms with Crippen LogP contribution in [0.15, 0.2) is 24.3 Å². The Hall–Kier alpha value is -0.670. The minimum atomic E-state index is -2.40. The molecule has 1 rings (SSSR count). The fourth-order valence-electron chi connectivity index (χ4n) is 1.25. The van der Waals surface area contributed by atoms with Crippen molar-refractivity contribution in [2.45, 2.75) is 26.3 Å². The van der Waals surface area contributed by atoms with E-state index in [1.165, 1.54) is 12.1 Å². The van der Waals surface area contributed by atoms with Crippen molar-refractivity contribution >= 4 is 12.4 Å². The molecule has 0 fully saturated rings. The van der Waals surface area contributed by atoms with E-state index in [-0.39, 0.29) is 24.0 Å². The maximum absolute atomic E-state index is 12.2. The highest BCUT2D eigenvalue weighted by molar-refractivity contribution is 5.85. The van der Waals surface area contributed by atoms with Gasteiger partial charge in [0.05, 0.1) is 0 Å². The van der Waals surface area contributed by atoms with E-state index in [2.05, 4.69) is 0 Å². The fraction of sp³-hybridized carbons (Fsp3) is 0.455. The van der Waals surface area contributed by atoms with Gasteiger partial charge in [-0.25, -0.2) is 8.78 Å². The summed E-state index contributed by atoms with van der Waals surface area (Å²) < 4.78 is 24.5. The summed E-state index contributed by atoms with van der Waals surface area (Å²) in [7, 11) is 0. The number of hydrogen-bond acceptors (Lipinski definition) is 1. The Balaban J connectivity index is 0.00000196. The van der Waals surface area contributed by atoms with Crippen molar-refractivity contribution < 1.29 is 8.78 Å². The third-order valence-electron chi connectivity index (χ3n) is 2.29. The first kappa shape index (κ1) is 14.3. The SMILES string of the molecule is CC(C)C(N)c1ccc(C(F)F)cc1.Cl. The summed E-state index contributed by atoms with van der Waals surface area (Å²) in [4.78, 5) is 0. The molecule has 0 aliphatic carbocycles. The lowest BCUT2D eigenvalue weighted by Crippen LogP contribution is -2.16. The molecular weight excluding hydrogens is 220 g/mol. The van der Waals surface area contributed by atoms with Crippen molar-refractivity contribution in [3.63, 3.8) is 0 Å². The number of halogens is 3. The molecule has 0 amide bonds. The average Bonchev–Trinajstić information content (AvgIpc) is 2.16. The van der Waals surface area contributed by atoms with Gasteiger partial charge < -0.3 is 5.73 Å². The van der Waals surface area contributed by atoms with Gasteiger partial charge in [0.1, 0.15) is 0 Å². The Bertz CT molecular complexity index is 285. The van der Waals surface area contributed by atoms with Crippen LogP contribution in [0.25, 0.3) is 0 Å². The van der Waals surface area contributed by atoms with Crippen LogP contribution in [0.5, 0.6) is 0 Å². The second kappa shape index (κ2) is 6.03. The van der Waals surface area contributed by atoms with Crippen LogP contribution in [0.4, 0.5) is 8.78 Å². The van der Waals surface area contributed by atoms with Crippen molar-refractivity contribution in [1.82, 2.24) is 0 Å². The van der Waals surface area contributed by atoms with E-state index in [1.807, 2.05) is 13.8 Å². The predicted octanol–water partition coefficient (Wildman–Crippen LogP) is 3.70. The maximum Gasteiger partial charge on any atom is 0.263 e. The van der Waals surface area contributed by atoms with Gasteiger partial charge in [0.15, 0.2) is 0 Å². The Morgan fingerprint density at radius 3 is 1.73 bits per heavy atom. The second-order valence-corrected chi connectivity index (χ2v) is 3.74. The molecule has 0 radical (unpaired) electrons. The predicted molar refractivity (Wildman–Crippen MR) is 60.4 cm³/mol. The van der Waals surface area contributed by atoms with Gasteiger partial charge in [-0.3, -0.25) is 0 Å². The standard InChI is InChI=1S/C11H15F2N.ClH/c1-7(2)10(14)8-3-5-9(6-4-8)11(12)13;/h3-7,10-11H,14H2,1-2H3;1H. The summed E-state index contributed by atoms with van der Waals surface area (Å²) in [6.07, 6.45) is -2.40. The molecule has 0 saturated carbocycles. The number of rotatable bonds is 3. The quantitative estimate of drug-likeness (QED) is 0.850. The van der Waals surface area contributed by atoms with Gasteiger partial charge in [0, 0.05) is 11.6 Å². The minimum absolute atomic E-state index is 0. The van der Waals surface area contributed by atoms with E-state index in [9.17, 15) is 8.78 Å². The Morgan fingerprint density at radius 2 is 1.40 bits per heavy atom. The molecule has 1 atom stereocenters. The van der Waals surface area contributed by atoms with E-state index in [0.717, 1.165) is 5.56 Å². The van der Waals surface area contributed by atoms with E-state index in [4.69, 9.17) is 5.73 Å². The van der Waals surface area contributed by atoms with E-state index in [0.29, 0.717) is 5.92 Å². The van der Waals surface area contributed by atoms with Crippen LogP contribution in [0, 0.1) is 5.92 Å². The Labute approximate surface area is 95.1 Å². The van der Waals surface area contributed by atoms with Crippen molar-refractivity contribution in [2.75, 3.05) is 0 Å². The molecule has 0 bridgehead atoms. The number of hydrogen-bond donors (Lipinski definition) is 1. The van der Waals surface area contributed by atoms with Gasteiger partial charge in [-0.1, -0.05) is 38.1 Å². The second-order valence-electron chi connectivity index (χ2n) is 3.74. The summed E-state index contributed by atoms with van der Waals surface area (Å²) in [5, 5.41) is 0. The molecule has 0 saturated heterocycles. The van der Waals surface area contributed by atoms with E-state index >= 15 is 0 Å². The van der Waals surface area contributed by atoms with Crippen LogP contribution in [0.3, 0.4) is 0 Å². The number of nitrogens with two attached hydrogens (primary N) is 1. The first-order chi connectivity index (χ1) is 6.52. The van der Waals surface area contributed by atoms with E-state index < -0.39 is 6.43 Å². The zero-order valence-electron chi connectivity index (χ0n) is 8.78. The number of alkyl halides is 2. The molecule has 4 heteroatoms. The Kier molecular flexibility index (Phi) is 5.76. The summed E-state index contributed by atoms with van der Waals surface area (Å²) in [5.41, 5.74) is 6.83. The van der Waals surface area contributed by atoms with Gasteiger partial charge in [-0.15, -0.1) is 12.4 Å². The van der Waals surface area contributed by atoms with Crippen molar-refractivity contribution in [3.8, 4) is 0 Å². The lowest BCUT2D eigenvalue weighted by Gasteiger charge is -2.16. The molecule has 1 nitrogen and oxygen atoms in total. The molecular formula is C11H16ClF2N. The summed E-state index contributed by atoms with van der Waals surface area (Å²) >= 11 is 0. The number of benzene rings is 1. The molecule has 2 N–H and O–H groups in total. The Morgan fingerprint density at radius 1 is 1.00 bits per heavy atom. The van der Waals surface area contributed by atoms with Crippen molar-refractivity contribution in [3.05, 3.63) is 35.4 Å². The molecule has 86 valence electrons. The zero-order chi connectivity index (χ0) is 10.7. The fourth-order valence-corrected chi connectivity index (χ4v) is 1.25. The third kappa shape index (κ3) is 3.76. The van der Waals surface area contributed by atoms with E-state index in [1.54, 1.807) is 12.1 Å². The minimum Gasteiger partial charge on any atom is -0.324 e. The highest BCUT2D eigenvalue weighted by atomic mass is 35.5. The monoisotopic (exact) mass is 235 g/mol. The summed E-state index contributed by atoms with van der Waals surface area (Å²) in [6, 6.07) is 6.13. The van der Waals surface area contributed by atoms with Crippen LogP contribution >= 0.6 is 12.4 Å². The molecule has 1 aromatic carbocycles. The molecule has 1 unspecified atom stereocenters. The summed E-state index contributed by atoms with van der Waals surface area (Å²) in [5.74, 6) is 0.312. The molecule has 1 aromatic rings. The highest BCUT2D eigenvalue weighted by Crippen LogP contribution is 2.23. The van der Waals surface area contributed by atoms with Gasteiger partial charge in [-0.05, 0) is 11.5 Å². The molecule has 0 spiro atoms. The van der Waals surface area contributed by atoms with Crippen molar-refractivity contribution in [1.29, 1.82) is 0 Å². The highest BCUT2D eigenvalue weighted by Gasteiger charge is 2.11. The molecule has 0 aliphatic heterocycles. The molecule has 15 heavy (non-hydrogen) atoms. The van der Waals surface area contributed by atoms with Gasteiger partial charge in [-0.2, -0.15) is 0 Å². The molecule has 0 heterocycles. The lowest BCUT2D eigenvalue weighted by atomic mass is 9.96. The van der Waals surface area contributed by atoms with Crippen LogP contribution in [0.1, 0.15) is 37.4 Å². The van der Waals surface area contributed by atoms with Crippen LogP contribution in [0.2, 0.25) is 0 Å².